The Morgan fingerprint density at radius 1 is 1.24 bits per heavy atom. The van der Waals surface area contributed by atoms with Crippen LogP contribution in [0.3, 0.4) is 0 Å². The molecule has 0 aliphatic carbocycles. The first-order valence-electron chi connectivity index (χ1n) is 12.7. The van der Waals surface area contributed by atoms with Crippen molar-refractivity contribution in [1.29, 1.82) is 5.26 Å². The van der Waals surface area contributed by atoms with Gasteiger partial charge in [-0.2, -0.15) is 19.5 Å². The van der Waals surface area contributed by atoms with E-state index in [-0.39, 0.29) is 12.1 Å². The van der Waals surface area contributed by atoms with Crippen molar-refractivity contribution in [2.24, 2.45) is 0 Å². The highest BCUT2D eigenvalue weighted by molar-refractivity contribution is 6.03. The summed E-state index contributed by atoms with van der Waals surface area (Å²) in [7, 11) is 1.69. The summed E-state index contributed by atoms with van der Waals surface area (Å²) in [6, 6.07) is 15.4. The highest BCUT2D eigenvalue weighted by atomic mass is 16.6. The Labute approximate surface area is 221 Å². The highest BCUT2D eigenvalue weighted by Gasteiger charge is 2.43. The molecule has 3 aromatic rings. The summed E-state index contributed by atoms with van der Waals surface area (Å²) in [6.07, 6.45) is 4.69. The van der Waals surface area contributed by atoms with Gasteiger partial charge in [-0.3, -0.25) is 0 Å². The summed E-state index contributed by atoms with van der Waals surface area (Å²) >= 11 is 0. The van der Waals surface area contributed by atoms with Crippen LogP contribution in [0.15, 0.2) is 48.7 Å². The average molecular weight is 512 g/mol. The van der Waals surface area contributed by atoms with Crippen molar-refractivity contribution >= 4 is 46.3 Å². The molecule has 3 heterocycles. The number of nitriles is 1. The second kappa shape index (κ2) is 9.78. The number of hydrogen-bond donors (Lipinski definition) is 1. The quantitative estimate of drug-likeness (QED) is 0.500. The number of ether oxygens (including phenoxy) is 1. The topological polar surface area (TPSA) is 102 Å². The van der Waals surface area contributed by atoms with Gasteiger partial charge in [0.15, 0.2) is 0 Å². The summed E-state index contributed by atoms with van der Waals surface area (Å²) in [6.45, 7) is 6.86. The summed E-state index contributed by atoms with van der Waals surface area (Å²) in [5.74, 6) is 0.547. The van der Waals surface area contributed by atoms with Gasteiger partial charge in [0.1, 0.15) is 17.9 Å². The molecule has 2 aliphatic heterocycles. The number of carbonyl (C=O) groups excluding carboxylic acids is 2. The van der Waals surface area contributed by atoms with E-state index < -0.39 is 11.7 Å². The normalized spacial score (nSPS) is 18.4. The highest BCUT2D eigenvalue weighted by Crippen LogP contribution is 2.42. The minimum atomic E-state index is -0.573. The van der Waals surface area contributed by atoms with Crippen LogP contribution < -0.4 is 15.1 Å². The maximum absolute atomic E-state index is 13.4. The predicted octanol–water partition coefficient (Wildman–Crippen LogP) is 4.93. The second-order valence-electron chi connectivity index (χ2n) is 10.6. The lowest BCUT2D eigenvalue weighted by Crippen LogP contribution is -2.49. The molecule has 3 amide bonds. The lowest BCUT2D eigenvalue weighted by Gasteiger charge is -2.35. The molecule has 0 saturated carbocycles. The Morgan fingerprint density at radius 3 is 2.79 bits per heavy atom. The summed E-state index contributed by atoms with van der Waals surface area (Å²) < 4.78 is 7.03. The van der Waals surface area contributed by atoms with Gasteiger partial charge in [0.05, 0.1) is 18.3 Å². The zero-order valence-electron chi connectivity index (χ0n) is 22.1. The third-order valence-corrected chi connectivity index (χ3v) is 6.76. The van der Waals surface area contributed by atoms with Crippen molar-refractivity contribution in [3.05, 3.63) is 59.8 Å². The fourth-order valence-corrected chi connectivity index (χ4v) is 5.08. The van der Waals surface area contributed by atoms with Crippen molar-refractivity contribution in [3.63, 3.8) is 0 Å². The molecule has 9 heteroatoms. The van der Waals surface area contributed by atoms with Gasteiger partial charge in [0.25, 0.3) is 5.82 Å². The van der Waals surface area contributed by atoms with E-state index in [1.165, 1.54) is 4.90 Å². The Bertz CT molecular complexity index is 1500. The van der Waals surface area contributed by atoms with Crippen LogP contribution >= 0.6 is 0 Å². The summed E-state index contributed by atoms with van der Waals surface area (Å²) in [4.78, 5) is 34.0. The Hall–Kier alpha value is -4.45. The number of hydrogen-bond acceptors (Lipinski definition) is 6. The third kappa shape index (κ3) is 4.77. The lowest BCUT2D eigenvalue weighted by atomic mass is 10.0. The first-order chi connectivity index (χ1) is 18.2. The molecule has 0 radical (unpaired) electrons. The number of nitrogens with one attached hydrogen (secondary N) is 1. The van der Waals surface area contributed by atoms with E-state index in [1.807, 2.05) is 63.2 Å². The summed E-state index contributed by atoms with van der Waals surface area (Å²) in [5.41, 5.74) is 2.10. The maximum atomic E-state index is 13.4. The number of fused-ring (bicyclic) bond motifs is 2. The molecule has 9 nitrogen and oxygen atoms in total. The van der Waals surface area contributed by atoms with E-state index in [4.69, 9.17) is 4.74 Å². The van der Waals surface area contributed by atoms with Gasteiger partial charge in [0, 0.05) is 36.3 Å². The first-order valence-corrected chi connectivity index (χ1v) is 12.7. The van der Waals surface area contributed by atoms with Crippen LogP contribution in [0.4, 0.5) is 26.8 Å². The Kier molecular flexibility index (Phi) is 6.49. The lowest BCUT2D eigenvalue weighted by molar-refractivity contribution is -0.315. The molecule has 5 rings (SSSR count). The Morgan fingerprint density at radius 2 is 2.03 bits per heavy atom. The number of carbonyl (C=O) groups is 2. The molecular weight excluding hydrogens is 480 g/mol. The predicted molar refractivity (Wildman–Crippen MR) is 146 cm³/mol. The van der Waals surface area contributed by atoms with E-state index in [0.717, 1.165) is 35.8 Å². The molecule has 1 saturated heterocycles. The number of aromatic nitrogens is 1. The van der Waals surface area contributed by atoms with Crippen molar-refractivity contribution in [2.75, 3.05) is 29.9 Å². The van der Waals surface area contributed by atoms with Crippen molar-refractivity contribution in [1.82, 2.24) is 10.3 Å². The molecule has 0 bridgehead atoms. The Balaban J connectivity index is 1.52. The number of anilines is 2. The molecular formula is C29H31N6O3+. The van der Waals surface area contributed by atoms with E-state index in [9.17, 15) is 14.9 Å². The SMILES string of the molecule is CN1C(=O)[N+](=Cc2ccc3ccccc3c2C#N)c2c(N3CCC[C@@H](NC(=O)OC(C)(C)C)C3)ccnc21. The molecule has 2 aliphatic rings. The van der Waals surface area contributed by atoms with E-state index in [0.29, 0.717) is 29.2 Å². The molecule has 1 fully saturated rings. The number of amides is 3. The van der Waals surface area contributed by atoms with Crippen molar-refractivity contribution in [3.8, 4) is 6.07 Å². The number of alkyl carbamates (subject to hydrolysis) is 1. The molecule has 38 heavy (non-hydrogen) atoms. The van der Waals surface area contributed by atoms with Gasteiger partial charge >= 0.3 is 12.1 Å². The molecule has 1 aromatic heterocycles. The number of piperidine rings is 1. The number of rotatable bonds is 3. The number of nitrogens with zero attached hydrogens (tertiary/aromatic N) is 5. The van der Waals surface area contributed by atoms with Gasteiger partial charge in [0.2, 0.25) is 5.69 Å². The first kappa shape index (κ1) is 25.2. The van der Waals surface area contributed by atoms with Crippen molar-refractivity contribution in [2.45, 2.75) is 45.3 Å². The third-order valence-electron chi connectivity index (χ3n) is 6.76. The molecule has 194 valence electrons. The minimum Gasteiger partial charge on any atom is -0.444 e. The van der Waals surface area contributed by atoms with Gasteiger partial charge < -0.3 is 15.0 Å². The zero-order chi connectivity index (χ0) is 27.0. The minimum absolute atomic E-state index is 0.0969. The van der Waals surface area contributed by atoms with Crippen LogP contribution in [0.25, 0.3) is 10.8 Å². The van der Waals surface area contributed by atoms with Crippen LogP contribution in [0.2, 0.25) is 0 Å². The van der Waals surface area contributed by atoms with Gasteiger partial charge in [-0.1, -0.05) is 30.3 Å². The number of pyridine rings is 1. The largest absolute Gasteiger partial charge is 0.505 e. The maximum Gasteiger partial charge on any atom is 0.505 e. The van der Waals surface area contributed by atoms with E-state index in [1.54, 1.807) is 24.0 Å². The molecule has 2 aromatic carbocycles. The molecule has 1 atom stereocenters. The van der Waals surface area contributed by atoms with Gasteiger partial charge in [-0.25, -0.2) is 9.78 Å². The van der Waals surface area contributed by atoms with Crippen LogP contribution in [-0.4, -0.2) is 59.7 Å². The summed E-state index contributed by atoms with van der Waals surface area (Å²) in [5, 5.41) is 14.8. The fraction of sp³-hybridized carbons (Fsp3) is 0.345. The van der Waals surface area contributed by atoms with Crippen LogP contribution in [0, 0.1) is 11.3 Å². The fourth-order valence-electron chi connectivity index (χ4n) is 5.08. The number of urea groups is 1. The van der Waals surface area contributed by atoms with Crippen LogP contribution in [0.5, 0.6) is 0 Å². The van der Waals surface area contributed by atoms with Crippen LogP contribution in [-0.2, 0) is 4.74 Å². The average Bonchev–Trinajstić information content (AvgIpc) is 3.12. The standard InChI is InChI=1S/C29H30N6O3/c1-29(2,3)38-27(36)32-21-9-7-15-34(18-21)24-13-14-31-26-25(24)35(28(37)33(26)4)17-20-12-11-19-8-5-6-10-22(19)23(20)16-30/h5-6,8,10-14,17,21H,7,9,15,18H2,1-4H3/p+1/t21-/m1/s1. The molecule has 1 N–H and O–H groups in total. The van der Waals surface area contributed by atoms with E-state index in [2.05, 4.69) is 21.3 Å². The smallest absolute Gasteiger partial charge is 0.444 e. The van der Waals surface area contributed by atoms with Crippen LogP contribution in [0.1, 0.15) is 44.7 Å². The second-order valence-corrected chi connectivity index (χ2v) is 10.6. The van der Waals surface area contributed by atoms with Crippen molar-refractivity contribution < 1.29 is 18.9 Å². The zero-order valence-corrected chi connectivity index (χ0v) is 22.1. The molecule has 0 spiro atoms. The van der Waals surface area contributed by atoms with Gasteiger partial charge in [-0.05, 0) is 51.1 Å². The number of benzene rings is 2. The monoisotopic (exact) mass is 511 g/mol. The van der Waals surface area contributed by atoms with E-state index >= 15 is 0 Å². The molecule has 0 unspecified atom stereocenters. The van der Waals surface area contributed by atoms with Gasteiger partial charge in [-0.15, -0.1) is 0 Å².